The van der Waals surface area contributed by atoms with Gasteiger partial charge in [-0.15, -0.1) is 0 Å². The standard InChI is InChI=1S/C12H7Br2N3O3/c13-8-3-7(5-15-6-8)12(18)16-9-1-2-11(17(19)20)10(14)4-9/h1-6H,(H,16,18). The van der Waals surface area contributed by atoms with Crippen molar-refractivity contribution in [3.8, 4) is 0 Å². The van der Waals surface area contributed by atoms with Crippen LogP contribution in [0.1, 0.15) is 10.4 Å². The van der Waals surface area contributed by atoms with Crippen molar-refractivity contribution in [3.05, 3.63) is 61.3 Å². The molecule has 2 rings (SSSR count). The van der Waals surface area contributed by atoms with Crippen molar-refractivity contribution >= 4 is 49.1 Å². The van der Waals surface area contributed by atoms with Crippen LogP contribution in [-0.4, -0.2) is 15.8 Å². The summed E-state index contributed by atoms with van der Waals surface area (Å²) in [5.41, 5.74) is 0.772. The fraction of sp³-hybridized carbons (Fsp3) is 0. The van der Waals surface area contributed by atoms with Crippen LogP contribution in [0.25, 0.3) is 0 Å². The molecular formula is C12H7Br2N3O3. The molecule has 0 bridgehead atoms. The van der Waals surface area contributed by atoms with Crippen LogP contribution in [0.2, 0.25) is 0 Å². The van der Waals surface area contributed by atoms with E-state index in [9.17, 15) is 14.9 Å². The smallest absolute Gasteiger partial charge is 0.283 e. The Bertz CT molecular complexity index is 691. The number of carbonyl (C=O) groups is 1. The van der Waals surface area contributed by atoms with Crippen molar-refractivity contribution in [2.24, 2.45) is 0 Å². The molecule has 1 aromatic heterocycles. The Morgan fingerprint density at radius 1 is 1.25 bits per heavy atom. The number of pyridine rings is 1. The Kier molecular flexibility index (Phi) is 4.46. The molecule has 0 fully saturated rings. The maximum absolute atomic E-state index is 12.0. The lowest BCUT2D eigenvalue weighted by Crippen LogP contribution is -2.12. The van der Waals surface area contributed by atoms with Crippen molar-refractivity contribution < 1.29 is 9.72 Å². The minimum absolute atomic E-state index is 0.0629. The van der Waals surface area contributed by atoms with Crippen LogP contribution < -0.4 is 5.32 Å². The summed E-state index contributed by atoms with van der Waals surface area (Å²) in [5.74, 6) is -0.348. The molecule has 1 heterocycles. The predicted molar refractivity (Wildman–Crippen MR) is 80.7 cm³/mol. The van der Waals surface area contributed by atoms with E-state index in [1.54, 1.807) is 12.3 Å². The number of hydrogen-bond donors (Lipinski definition) is 1. The lowest BCUT2D eigenvalue weighted by atomic mass is 10.2. The van der Waals surface area contributed by atoms with Gasteiger partial charge in [0.1, 0.15) is 0 Å². The van der Waals surface area contributed by atoms with Gasteiger partial charge in [0.25, 0.3) is 11.6 Å². The summed E-state index contributed by atoms with van der Waals surface area (Å²) in [7, 11) is 0. The number of nitro benzene ring substituents is 1. The van der Waals surface area contributed by atoms with Gasteiger partial charge < -0.3 is 5.32 Å². The van der Waals surface area contributed by atoms with E-state index < -0.39 is 4.92 Å². The zero-order valence-electron chi connectivity index (χ0n) is 9.84. The van der Waals surface area contributed by atoms with E-state index in [0.29, 0.717) is 20.2 Å². The number of nitrogens with one attached hydrogen (secondary N) is 1. The molecule has 0 spiro atoms. The number of carbonyl (C=O) groups excluding carboxylic acids is 1. The maximum atomic E-state index is 12.0. The number of benzene rings is 1. The van der Waals surface area contributed by atoms with E-state index in [2.05, 4.69) is 42.2 Å². The van der Waals surface area contributed by atoms with Gasteiger partial charge in [-0.2, -0.15) is 0 Å². The Morgan fingerprint density at radius 2 is 2.00 bits per heavy atom. The van der Waals surface area contributed by atoms with Crippen molar-refractivity contribution in [2.45, 2.75) is 0 Å². The molecule has 0 aliphatic heterocycles. The lowest BCUT2D eigenvalue weighted by Gasteiger charge is -2.06. The predicted octanol–water partition coefficient (Wildman–Crippen LogP) is 3.77. The normalized spacial score (nSPS) is 10.1. The summed E-state index contributed by atoms with van der Waals surface area (Å²) in [6, 6.07) is 5.88. The molecule has 0 radical (unpaired) electrons. The van der Waals surface area contributed by atoms with Gasteiger partial charge in [-0.05, 0) is 50.1 Å². The van der Waals surface area contributed by atoms with Gasteiger partial charge in [0.15, 0.2) is 0 Å². The van der Waals surface area contributed by atoms with Gasteiger partial charge in [0.05, 0.1) is 15.0 Å². The van der Waals surface area contributed by atoms with Crippen LogP contribution in [-0.2, 0) is 0 Å². The average Bonchev–Trinajstić information content (AvgIpc) is 2.38. The molecule has 1 amide bonds. The topological polar surface area (TPSA) is 85.1 Å². The molecule has 1 aromatic carbocycles. The van der Waals surface area contributed by atoms with E-state index in [-0.39, 0.29) is 11.6 Å². The molecule has 0 saturated heterocycles. The summed E-state index contributed by atoms with van der Waals surface area (Å²) in [6.07, 6.45) is 3.00. The Morgan fingerprint density at radius 3 is 2.60 bits per heavy atom. The number of aromatic nitrogens is 1. The third-order valence-corrected chi connectivity index (χ3v) is 3.44. The first kappa shape index (κ1) is 14.6. The van der Waals surface area contributed by atoms with Gasteiger partial charge in [-0.3, -0.25) is 19.9 Å². The first-order chi connectivity index (χ1) is 9.47. The molecule has 6 nitrogen and oxygen atoms in total. The zero-order chi connectivity index (χ0) is 14.7. The molecule has 0 unspecified atom stereocenters. The van der Waals surface area contributed by atoms with Gasteiger partial charge in [0.2, 0.25) is 0 Å². The number of hydrogen-bond acceptors (Lipinski definition) is 4. The zero-order valence-corrected chi connectivity index (χ0v) is 13.0. The summed E-state index contributed by atoms with van der Waals surface area (Å²) >= 11 is 6.32. The number of nitro groups is 1. The highest BCUT2D eigenvalue weighted by atomic mass is 79.9. The quantitative estimate of drug-likeness (QED) is 0.627. The van der Waals surface area contributed by atoms with Crippen LogP contribution in [0.3, 0.4) is 0 Å². The summed E-state index contributed by atoms with van der Waals surface area (Å²) in [4.78, 5) is 26.1. The van der Waals surface area contributed by atoms with Gasteiger partial charge in [-0.1, -0.05) is 0 Å². The highest BCUT2D eigenvalue weighted by Gasteiger charge is 2.13. The van der Waals surface area contributed by atoms with Crippen molar-refractivity contribution in [3.63, 3.8) is 0 Å². The molecule has 102 valence electrons. The number of halogens is 2. The first-order valence-electron chi connectivity index (χ1n) is 5.33. The van der Waals surface area contributed by atoms with Gasteiger partial charge in [-0.25, -0.2) is 0 Å². The van der Waals surface area contributed by atoms with E-state index in [4.69, 9.17) is 0 Å². The van der Waals surface area contributed by atoms with Crippen molar-refractivity contribution in [2.75, 3.05) is 5.32 Å². The number of nitrogens with zero attached hydrogens (tertiary/aromatic N) is 2. The number of rotatable bonds is 3. The largest absolute Gasteiger partial charge is 0.322 e. The van der Waals surface area contributed by atoms with E-state index in [1.807, 2.05) is 0 Å². The monoisotopic (exact) mass is 399 g/mol. The number of anilines is 1. The first-order valence-corrected chi connectivity index (χ1v) is 6.92. The molecule has 2 aromatic rings. The average molecular weight is 401 g/mol. The minimum Gasteiger partial charge on any atom is -0.322 e. The van der Waals surface area contributed by atoms with Crippen LogP contribution in [0.4, 0.5) is 11.4 Å². The van der Waals surface area contributed by atoms with Crippen LogP contribution in [0.15, 0.2) is 45.6 Å². The molecular weight excluding hydrogens is 394 g/mol. The summed E-state index contributed by atoms with van der Waals surface area (Å²) < 4.78 is 0.989. The lowest BCUT2D eigenvalue weighted by molar-refractivity contribution is -0.385. The van der Waals surface area contributed by atoms with Gasteiger partial charge >= 0.3 is 0 Å². The summed E-state index contributed by atoms with van der Waals surface area (Å²) in [5, 5.41) is 13.3. The fourth-order valence-corrected chi connectivity index (χ4v) is 2.36. The van der Waals surface area contributed by atoms with Crippen LogP contribution >= 0.6 is 31.9 Å². The van der Waals surface area contributed by atoms with E-state index in [0.717, 1.165) is 0 Å². The van der Waals surface area contributed by atoms with Gasteiger partial charge in [0, 0.05) is 28.6 Å². The Balaban J connectivity index is 2.20. The second kappa shape index (κ2) is 6.10. The third kappa shape index (κ3) is 3.40. The van der Waals surface area contributed by atoms with Crippen LogP contribution in [0, 0.1) is 10.1 Å². The molecule has 1 N–H and O–H groups in total. The van der Waals surface area contributed by atoms with E-state index >= 15 is 0 Å². The second-order valence-electron chi connectivity index (χ2n) is 3.77. The fourth-order valence-electron chi connectivity index (χ4n) is 1.47. The SMILES string of the molecule is O=C(Nc1ccc([N+](=O)[O-])c(Br)c1)c1cncc(Br)c1. The molecule has 0 atom stereocenters. The van der Waals surface area contributed by atoms with Crippen LogP contribution in [0.5, 0.6) is 0 Å². The second-order valence-corrected chi connectivity index (χ2v) is 5.54. The highest BCUT2D eigenvalue weighted by molar-refractivity contribution is 9.10. The van der Waals surface area contributed by atoms with E-state index in [1.165, 1.54) is 24.4 Å². The highest BCUT2D eigenvalue weighted by Crippen LogP contribution is 2.27. The molecule has 0 saturated carbocycles. The molecule has 8 heteroatoms. The Hall–Kier alpha value is -1.80. The number of amides is 1. The maximum Gasteiger partial charge on any atom is 0.283 e. The van der Waals surface area contributed by atoms with Crippen molar-refractivity contribution in [1.29, 1.82) is 0 Å². The Labute approximate surface area is 130 Å². The molecule has 0 aliphatic carbocycles. The molecule has 20 heavy (non-hydrogen) atoms. The third-order valence-electron chi connectivity index (χ3n) is 2.37. The molecule has 0 aliphatic rings. The van der Waals surface area contributed by atoms with Crippen molar-refractivity contribution in [1.82, 2.24) is 4.98 Å². The minimum atomic E-state index is -0.506. The summed E-state index contributed by atoms with van der Waals surface area (Å²) in [6.45, 7) is 0.